The fourth-order valence-corrected chi connectivity index (χ4v) is 2.57. The molecule has 12 heavy (non-hydrogen) atoms. The standard InChI is InChI=1S/C10H20N2/c1-2-5-11-7-8-12-6-3-4-10(12)9-11/h10H,2-9H2,1H3/t10-/m0/s1. The van der Waals surface area contributed by atoms with Gasteiger partial charge in [0, 0.05) is 25.7 Å². The summed E-state index contributed by atoms with van der Waals surface area (Å²) in [6, 6.07) is 0.908. The summed E-state index contributed by atoms with van der Waals surface area (Å²) in [7, 11) is 0. The third-order valence-corrected chi connectivity index (χ3v) is 3.21. The largest absolute Gasteiger partial charge is 0.301 e. The Morgan fingerprint density at radius 3 is 3.00 bits per heavy atom. The minimum Gasteiger partial charge on any atom is -0.301 e. The van der Waals surface area contributed by atoms with Gasteiger partial charge in [-0.05, 0) is 32.4 Å². The van der Waals surface area contributed by atoms with Gasteiger partial charge in [-0.1, -0.05) is 6.92 Å². The Morgan fingerprint density at radius 1 is 1.25 bits per heavy atom. The van der Waals surface area contributed by atoms with Gasteiger partial charge in [0.2, 0.25) is 0 Å². The van der Waals surface area contributed by atoms with Crippen molar-refractivity contribution in [1.29, 1.82) is 0 Å². The van der Waals surface area contributed by atoms with E-state index in [0.717, 1.165) is 6.04 Å². The molecule has 70 valence electrons. The Bertz CT molecular complexity index is 147. The van der Waals surface area contributed by atoms with Gasteiger partial charge in [0.25, 0.3) is 0 Å². The maximum absolute atomic E-state index is 2.67. The fourth-order valence-electron chi connectivity index (χ4n) is 2.57. The maximum atomic E-state index is 2.67. The highest BCUT2D eigenvalue weighted by atomic mass is 15.3. The van der Waals surface area contributed by atoms with E-state index in [-0.39, 0.29) is 0 Å². The first-order valence-electron chi connectivity index (χ1n) is 5.36. The van der Waals surface area contributed by atoms with Crippen molar-refractivity contribution in [2.45, 2.75) is 32.2 Å². The first-order chi connectivity index (χ1) is 5.90. The van der Waals surface area contributed by atoms with Gasteiger partial charge >= 0.3 is 0 Å². The van der Waals surface area contributed by atoms with Crippen molar-refractivity contribution >= 4 is 0 Å². The molecule has 2 saturated heterocycles. The summed E-state index contributed by atoms with van der Waals surface area (Å²) in [4.78, 5) is 5.30. The van der Waals surface area contributed by atoms with E-state index in [4.69, 9.17) is 0 Å². The van der Waals surface area contributed by atoms with Crippen molar-refractivity contribution in [3.63, 3.8) is 0 Å². The highest BCUT2D eigenvalue weighted by Crippen LogP contribution is 2.21. The van der Waals surface area contributed by atoms with Gasteiger partial charge in [-0.3, -0.25) is 4.90 Å². The summed E-state index contributed by atoms with van der Waals surface area (Å²) in [5.74, 6) is 0. The third kappa shape index (κ3) is 1.64. The monoisotopic (exact) mass is 168 g/mol. The van der Waals surface area contributed by atoms with E-state index in [2.05, 4.69) is 16.7 Å². The van der Waals surface area contributed by atoms with E-state index in [1.807, 2.05) is 0 Å². The number of fused-ring (bicyclic) bond motifs is 1. The Kier molecular flexibility index (Phi) is 2.66. The predicted molar refractivity (Wildman–Crippen MR) is 51.3 cm³/mol. The SMILES string of the molecule is CCCN1CCN2CCC[C@H]2C1. The molecule has 2 fully saturated rings. The van der Waals surface area contributed by atoms with Crippen molar-refractivity contribution < 1.29 is 0 Å². The zero-order chi connectivity index (χ0) is 8.39. The average molecular weight is 168 g/mol. The molecule has 2 aliphatic rings. The van der Waals surface area contributed by atoms with Crippen LogP contribution in [0.15, 0.2) is 0 Å². The van der Waals surface area contributed by atoms with Crippen LogP contribution in [-0.2, 0) is 0 Å². The van der Waals surface area contributed by atoms with E-state index in [0.29, 0.717) is 0 Å². The number of hydrogen-bond acceptors (Lipinski definition) is 2. The van der Waals surface area contributed by atoms with Gasteiger partial charge in [0.05, 0.1) is 0 Å². The Labute approximate surface area is 75.5 Å². The molecule has 1 atom stereocenters. The summed E-state index contributed by atoms with van der Waals surface area (Å²) in [6.45, 7) is 8.93. The van der Waals surface area contributed by atoms with Crippen molar-refractivity contribution in [2.24, 2.45) is 0 Å². The molecule has 0 unspecified atom stereocenters. The summed E-state index contributed by atoms with van der Waals surface area (Å²) >= 11 is 0. The molecule has 0 aromatic rings. The zero-order valence-corrected chi connectivity index (χ0v) is 8.13. The number of rotatable bonds is 2. The molecule has 0 saturated carbocycles. The van der Waals surface area contributed by atoms with Crippen LogP contribution >= 0.6 is 0 Å². The van der Waals surface area contributed by atoms with Crippen LogP contribution in [0, 0.1) is 0 Å². The molecule has 0 radical (unpaired) electrons. The van der Waals surface area contributed by atoms with E-state index in [1.54, 1.807) is 0 Å². The molecule has 0 amide bonds. The van der Waals surface area contributed by atoms with Crippen LogP contribution in [-0.4, -0.2) is 48.6 Å². The average Bonchev–Trinajstić information content (AvgIpc) is 2.51. The van der Waals surface area contributed by atoms with Gasteiger partial charge in [0.1, 0.15) is 0 Å². The summed E-state index contributed by atoms with van der Waals surface area (Å²) in [6.07, 6.45) is 4.19. The predicted octanol–water partition coefficient (Wildman–Crippen LogP) is 1.18. The Morgan fingerprint density at radius 2 is 2.17 bits per heavy atom. The van der Waals surface area contributed by atoms with Crippen molar-refractivity contribution in [1.82, 2.24) is 9.80 Å². The summed E-state index contributed by atoms with van der Waals surface area (Å²) in [5, 5.41) is 0. The van der Waals surface area contributed by atoms with Gasteiger partial charge < -0.3 is 4.90 Å². The highest BCUT2D eigenvalue weighted by Gasteiger charge is 2.29. The van der Waals surface area contributed by atoms with Crippen LogP contribution in [0.25, 0.3) is 0 Å². The Hall–Kier alpha value is -0.0800. The fraction of sp³-hybridized carbons (Fsp3) is 1.00. The quantitative estimate of drug-likeness (QED) is 0.611. The van der Waals surface area contributed by atoms with Crippen molar-refractivity contribution in [3.8, 4) is 0 Å². The van der Waals surface area contributed by atoms with Gasteiger partial charge in [-0.25, -0.2) is 0 Å². The molecule has 0 aliphatic carbocycles. The summed E-state index contributed by atoms with van der Waals surface area (Å²) in [5.41, 5.74) is 0. The van der Waals surface area contributed by atoms with E-state index in [9.17, 15) is 0 Å². The van der Waals surface area contributed by atoms with Crippen molar-refractivity contribution in [2.75, 3.05) is 32.7 Å². The minimum atomic E-state index is 0.908. The van der Waals surface area contributed by atoms with E-state index >= 15 is 0 Å². The van der Waals surface area contributed by atoms with Crippen LogP contribution in [0.1, 0.15) is 26.2 Å². The topological polar surface area (TPSA) is 6.48 Å². The molecule has 2 aliphatic heterocycles. The van der Waals surface area contributed by atoms with Gasteiger partial charge in [-0.2, -0.15) is 0 Å². The van der Waals surface area contributed by atoms with Gasteiger partial charge in [-0.15, -0.1) is 0 Å². The molecule has 0 spiro atoms. The Balaban J connectivity index is 1.84. The molecule has 0 aromatic heterocycles. The molecule has 2 heteroatoms. The van der Waals surface area contributed by atoms with Crippen LogP contribution in [0.5, 0.6) is 0 Å². The molecule has 0 aromatic carbocycles. The second-order valence-electron chi connectivity index (χ2n) is 4.13. The third-order valence-electron chi connectivity index (χ3n) is 3.21. The van der Waals surface area contributed by atoms with Gasteiger partial charge in [0.15, 0.2) is 0 Å². The maximum Gasteiger partial charge on any atom is 0.0224 e. The van der Waals surface area contributed by atoms with Crippen LogP contribution in [0.3, 0.4) is 0 Å². The van der Waals surface area contributed by atoms with Crippen LogP contribution in [0.2, 0.25) is 0 Å². The van der Waals surface area contributed by atoms with E-state index < -0.39 is 0 Å². The number of hydrogen-bond donors (Lipinski definition) is 0. The molecule has 2 heterocycles. The van der Waals surface area contributed by atoms with Crippen molar-refractivity contribution in [3.05, 3.63) is 0 Å². The second-order valence-corrected chi connectivity index (χ2v) is 4.13. The first kappa shape index (κ1) is 8.52. The van der Waals surface area contributed by atoms with Crippen LogP contribution in [0.4, 0.5) is 0 Å². The minimum absolute atomic E-state index is 0.908. The molecule has 0 N–H and O–H groups in total. The lowest BCUT2D eigenvalue weighted by Crippen LogP contribution is -2.50. The lowest BCUT2D eigenvalue weighted by molar-refractivity contribution is 0.105. The molecule has 0 bridgehead atoms. The van der Waals surface area contributed by atoms with E-state index in [1.165, 1.54) is 52.0 Å². The molecule has 2 nitrogen and oxygen atoms in total. The highest BCUT2D eigenvalue weighted by molar-refractivity contribution is 4.86. The second kappa shape index (κ2) is 3.75. The first-order valence-corrected chi connectivity index (χ1v) is 5.36. The number of nitrogens with zero attached hydrogens (tertiary/aromatic N) is 2. The lowest BCUT2D eigenvalue weighted by Gasteiger charge is -2.37. The molecule has 2 rings (SSSR count). The normalized spacial score (nSPS) is 32.2. The smallest absolute Gasteiger partial charge is 0.0224 e. The summed E-state index contributed by atoms with van der Waals surface area (Å²) < 4.78 is 0. The molecular formula is C10H20N2. The zero-order valence-electron chi connectivity index (χ0n) is 8.13. The molecular weight excluding hydrogens is 148 g/mol. The lowest BCUT2D eigenvalue weighted by atomic mass is 10.1. The number of piperazine rings is 1. The van der Waals surface area contributed by atoms with Crippen LogP contribution < -0.4 is 0 Å².